The molecule has 0 aliphatic rings. The van der Waals surface area contributed by atoms with Gasteiger partial charge in [0.25, 0.3) is 0 Å². The summed E-state index contributed by atoms with van der Waals surface area (Å²) in [6.07, 6.45) is 0.357. The van der Waals surface area contributed by atoms with Gasteiger partial charge in [0.15, 0.2) is 5.78 Å². The van der Waals surface area contributed by atoms with Gasteiger partial charge in [0.1, 0.15) is 5.75 Å². The number of Topliss-reactive ketones (excluding diaryl/α,β-unsaturated/α-hetero) is 1. The number of ketones is 1. The zero-order chi connectivity index (χ0) is 10.4. The number of rotatable bonds is 5. The molecule has 2 nitrogen and oxygen atoms in total. The fourth-order valence-electron chi connectivity index (χ4n) is 0.906. The van der Waals surface area contributed by atoms with E-state index < -0.39 is 0 Å². The molecule has 1 aromatic carbocycles. The van der Waals surface area contributed by atoms with Crippen molar-refractivity contribution < 1.29 is 9.53 Å². The Morgan fingerprint density at radius 2 is 2.29 bits per heavy atom. The Morgan fingerprint density at radius 3 is 2.93 bits per heavy atom. The molecular formula is C10H10BrClO2. The molecule has 0 aliphatic carbocycles. The number of halogens is 2. The second kappa shape index (κ2) is 6.04. The molecule has 0 aliphatic heterocycles. The summed E-state index contributed by atoms with van der Waals surface area (Å²) in [5.74, 6) is 0.811. The van der Waals surface area contributed by atoms with Crippen LogP contribution in [0.5, 0.6) is 5.75 Å². The molecule has 0 saturated heterocycles. The van der Waals surface area contributed by atoms with Crippen LogP contribution < -0.4 is 4.74 Å². The molecule has 0 radical (unpaired) electrons. The minimum atomic E-state index is 0.00154. The van der Waals surface area contributed by atoms with E-state index in [0.717, 1.165) is 10.2 Å². The van der Waals surface area contributed by atoms with Gasteiger partial charge in [-0.1, -0.05) is 22.0 Å². The van der Waals surface area contributed by atoms with Crippen molar-refractivity contribution in [3.63, 3.8) is 0 Å². The molecule has 14 heavy (non-hydrogen) atoms. The predicted octanol–water partition coefficient (Wildman–Crippen LogP) is 3.03. The quantitative estimate of drug-likeness (QED) is 0.773. The molecular weight excluding hydrogens is 267 g/mol. The van der Waals surface area contributed by atoms with Crippen molar-refractivity contribution in [2.45, 2.75) is 6.42 Å². The molecule has 0 unspecified atom stereocenters. The van der Waals surface area contributed by atoms with E-state index in [1.165, 1.54) is 0 Å². The molecule has 4 heteroatoms. The average Bonchev–Trinajstić information content (AvgIpc) is 2.17. The lowest BCUT2D eigenvalue weighted by atomic mass is 10.3. The van der Waals surface area contributed by atoms with Gasteiger partial charge in [-0.15, -0.1) is 11.6 Å². The van der Waals surface area contributed by atoms with Crippen LogP contribution in [-0.2, 0) is 4.79 Å². The Hall–Kier alpha value is -0.540. The first-order valence-electron chi connectivity index (χ1n) is 4.18. The van der Waals surface area contributed by atoms with E-state index in [9.17, 15) is 4.79 Å². The summed E-state index contributed by atoms with van der Waals surface area (Å²) in [4.78, 5) is 10.8. The zero-order valence-electron chi connectivity index (χ0n) is 7.50. The maximum Gasteiger partial charge on any atom is 0.150 e. The van der Waals surface area contributed by atoms with E-state index in [1.807, 2.05) is 24.3 Å². The standard InChI is InChI=1S/C10H10BrClO2/c11-8-2-1-3-10(6-8)14-5-4-9(13)7-12/h1-3,6H,4-5,7H2. The first-order valence-corrected chi connectivity index (χ1v) is 5.51. The van der Waals surface area contributed by atoms with Crippen LogP contribution in [0.25, 0.3) is 0 Å². The lowest BCUT2D eigenvalue weighted by molar-refractivity contribution is -0.117. The highest BCUT2D eigenvalue weighted by molar-refractivity contribution is 9.10. The van der Waals surface area contributed by atoms with Crippen molar-refractivity contribution >= 4 is 33.3 Å². The highest BCUT2D eigenvalue weighted by Gasteiger charge is 2.00. The second-order valence-electron chi connectivity index (χ2n) is 2.73. The molecule has 1 rings (SSSR count). The van der Waals surface area contributed by atoms with Gasteiger partial charge >= 0.3 is 0 Å². The Labute approximate surface area is 96.3 Å². The van der Waals surface area contributed by atoms with E-state index >= 15 is 0 Å². The summed E-state index contributed by atoms with van der Waals surface area (Å²) in [6, 6.07) is 7.49. The first kappa shape index (κ1) is 11.5. The van der Waals surface area contributed by atoms with E-state index in [-0.39, 0.29) is 11.7 Å². The first-order chi connectivity index (χ1) is 6.72. The molecule has 0 amide bonds. The summed E-state index contributed by atoms with van der Waals surface area (Å²) in [6.45, 7) is 0.377. The normalized spacial score (nSPS) is 9.86. The summed E-state index contributed by atoms with van der Waals surface area (Å²) < 4.78 is 6.31. The Bertz CT molecular complexity index is 315. The minimum Gasteiger partial charge on any atom is -0.493 e. The van der Waals surface area contributed by atoms with Gasteiger partial charge in [-0.2, -0.15) is 0 Å². The van der Waals surface area contributed by atoms with Crippen LogP contribution in [0.1, 0.15) is 6.42 Å². The van der Waals surface area contributed by atoms with Crippen LogP contribution in [0.3, 0.4) is 0 Å². The SMILES string of the molecule is O=C(CCl)CCOc1cccc(Br)c1. The number of ether oxygens (including phenoxy) is 1. The summed E-state index contributed by atoms with van der Waals surface area (Å²) >= 11 is 8.67. The van der Waals surface area contributed by atoms with Crippen LogP contribution in [0.4, 0.5) is 0 Å². The molecule has 0 saturated carbocycles. The van der Waals surface area contributed by atoms with E-state index in [4.69, 9.17) is 16.3 Å². The summed E-state index contributed by atoms with van der Waals surface area (Å²) in [5.41, 5.74) is 0. The molecule has 0 heterocycles. The van der Waals surface area contributed by atoms with E-state index in [1.54, 1.807) is 0 Å². The van der Waals surface area contributed by atoms with Crippen LogP contribution in [0.2, 0.25) is 0 Å². The third kappa shape index (κ3) is 4.11. The van der Waals surface area contributed by atoms with Crippen molar-refractivity contribution in [1.29, 1.82) is 0 Å². The van der Waals surface area contributed by atoms with Crippen molar-refractivity contribution in [3.8, 4) is 5.75 Å². The van der Waals surface area contributed by atoms with Crippen LogP contribution >= 0.6 is 27.5 Å². The fraction of sp³-hybridized carbons (Fsp3) is 0.300. The highest BCUT2D eigenvalue weighted by atomic mass is 79.9. The lowest BCUT2D eigenvalue weighted by Crippen LogP contribution is -2.06. The van der Waals surface area contributed by atoms with Gasteiger partial charge < -0.3 is 4.74 Å². The Balaban J connectivity index is 2.35. The van der Waals surface area contributed by atoms with E-state index in [0.29, 0.717) is 13.0 Å². The van der Waals surface area contributed by atoms with Crippen LogP contribution in [0, 0.1) is 0 Å². The molecule has 76 valence electrons. The largest absolute Gasteiger partial charge is 0.493 e. The molecule has 0 N–H and O–H groups in total. The maximum atomic E-state index is 10.8. The highest BCUT2D eigenvalue weighted by Crippen LogP contribution is 2.17. The van der Waals surface area contributed by atoms with Gasteiger partial charge in [-0.25, -0.2) is 0 Å². The maximum absolute atomic E-state index is 10.8. The van der Waals surface area contributed by atoms with Crippen molar-refractivity contribution in [3.05, 3.63) is 28.7 Å². The van der Waals surface area contributed by atoms with E-state index in [2.05, 4.69) is 15.9 Å². The third-order valence-corrected chi connectivity index (χ3v) is 2.39. The smallest absolute Gasteiger partial charge is 0.150 e. The van der Waals surface area contributed by atoms with Crippen LogP contribution in [0.15, 0.2) is 28.7 Å². The van der Waals surface area contributed by atoms with Gasteiger partial charge in [0, 0.05) is 10.9 Å². The second-order valence-corrected chi connectivity index (χ2v) is 3.91. The molecule has 1 aromatic rings. The number of alkyl halides is 1. The fourth-order valence-corrected chi connectivity index (χ4v) is 1.42. The third-order valence-electron chi connectivity index (χ3n) is 1.59. The Kier molecular flexibility index (Phi) is 4.98. The molecule has 0 bridgehead atoms. The lowest BCUT2D eigenvalue weighted by Gasteiger charge is -2.04. The van der Waals surface area contributed by atoms with Crippen molar-refractivity contribution in [1.82, 2.24) is 0 Å². The number of carbonyl (C=O) groups excluding carboxylic acids is 1. The van der Waals surface area contributed by atoms with Crippen molar-refractivity contribution in [2.24, 2.45) is 0 Å². The number of carbonyl (C=O) groups is 1. The van der Waals surface area contributed by atoms with Gasteiger partial charge in [0.2, 0.25) is 0 Å². The molecule has 0 atom stereocenters. The summed E-state index contributed by atoms with van der Waals surface area (Å²) in [7, 11) is 0. The number of hydrogen-bond acceptors (Lipinski definition) is 2. The van der Waals surface area contributed by atoms with Gasteiger partial charge in [-0.3, -0.25) is 4.79 Å². The monoisotopic (exact) mass is 276 g/mol. The summed E-state index contributed by atoms with van der Waals surface area (Å²) in [5, 5.41) is 0. The van der Waals surface area contributed by atoms with Gasteiger partial charge in [-0.05, 0) is 18.2 Å². The molecule has 0 aromatic heterocycles. The average molecular weight is 278 g/mol. The molecule has 0 fully saturated rings. The topological polar surface area (TPSA) is 26.3 Å². The van der Waals surface area contributed by atoms with Crippen LogP contribution in [-0.4, -0.2) is 18.3 Å². The zero-order valence-corrected chi connectivity index (χ0v) is 9.85. The van der Waals surface area contributed by atoms with Gasteiger partial charge in [0.05, 0.1) is 12.5 Å². The Morgan fingerprint density at radius 1 is 1.50 bits per heavy atom. The number of benzene rings is 1. The predicted molar refractivity (Wildman–Crippen MR) is 60.0 cm³/mol. The number of hydrogen-bond donors (Lipinski definition) is 0. The van der Waals surface area contributed by atoms with Crippen molar-refractivity contribution in [2.75, 3.05) is 12.5 Å². The molecule has 0 spiro atoms. The minimum absolute atomic E-state index is 0.00154.